The molecule has 1 aromatic carbocycles. The van der Waals surface area contributed by atoms with E-state index < -0.39 is 0 Å². The number of hydrogen-bond donors (Lipinski definition) is 1. The van der Waals surface area contributed by atoms with Crippen LogP contribution in [0.1, 0.15) is 26.5 Å². The zero-order chi connectivity index (χ0) is 16.1. The second kappa shape index (κ2) is 7.36. The molecule has 1 atom stereocenters. The molecule has 0 aliphatic rings. The second-order valence-corrected chi connectivity index (χ2v) is 5.74. The lowest BCUT2D eigenvalue weighted by molar-refractivity contribution is 0.415. The zero-order valence-corrected chi connectivity index (χ0v) is 13.6. The number of ether oxygens (including phenoxy) is 1. The molecule has 1 aromatic heterocycles. The van der Waals surface area contributed by atoms with E-state index in [0.717, 1.165) is 11.3 Å². The van der Waals surface area contributed by atoms with Gasteiger partial charge in [0.2, 0.25) is 0 Å². The van der Waals surface area contributed by atoms with E-state index in [0.29, 0.717) is 29.9 Å². The molecule has 4 heteroatoms. The maximum Gasteiger partial charge on any atom is 0.146 e. The van der Waals surface area contributed by atoms with E-state index in [1.807, 2.05) is 24.3 Å². The highest BCUT2D eigenvalue weighted by Gasteiger charge is 2.12. The summed E-state index contributed by atoms with van der Waals surface area (Å²) in [6.07, 6.45) is 0. The fraction of sp³-hybridized carbons (Fsp3) is 0.389. The molecule has 1 heterocycles. The van der Waals surface area contributed by atoms with Gasteiger partial charge in [-0.1, -0.05) is 26.0 Å². The molecule has 22 heavy (non-hydrogen) atoms. The fourth-order valence-electron chi connectivity index (χ4n) is 2.11. The van der Waals surface area contributed by atoms with Gasteiger partial charge in [0.1, 0.15) is 11.6 Å². The molecule has 0 aliphatic carbocycles. The lowest BCUT2D eigenvalue weighted by Gasteiger charge is -2.17. The maximum absolute atomic E-state index is 14.0. The first kappa shape index (κ1) is 16.4. The number of para-hydroxylation sites is 1. The standard InChI is InChI=1S/C18H23FN2O/c1-12(2)13(3)20-11-17-15(19)9-10-16(21-17)14-7-5-6-8-18(14)22-4/h5-10,12-13,20H,11H2,1-4H3/t13-/m1/s1. The summed E-state index contributed by atoms with van der Waals surface area (Å²) < 4.78 is 19.3. The molecule has 0 saturated carbocycles. The Hall–Kier alpha value is -1.94. The summed E-state index contributed by atoms with van der Waals surface area (Å²) in [6.45, 7) is 6.76. The van der Waals surface area contributed by atoms with Crippen LogP contribution in [0, 0.1) is 11.7 Å². The van der Waals surface area contributed by atoms with Gasteiger partial charge in [-0.25, -0.2) is 9.37 Å². The number of pyridine rings is 1. The van der Waals surface area contributed by atoms with E-state index in [-0.39, 0.29) is 5.82 Å². The monoisotopic (exact) mass is 302 g/mol. The van der Waals surface area contributed by atoms with Gasteiger partial charge >= 0.3 is 0 Å². The third-order valence-corrected chi connectivity index (χ3v) is 3.89. The summed E-state index contributed by atoms with van der Waals surface area (Å²) in [6, 6.07) is 11.1. The number of halogens is 1. The summed E-state index contributed by atoms with van der Waals surface area (Å²) in [5.41, 5.74) is 2.01. The van der Waals surface area contributed by atoms with E-state index in [9.17, 15) is 4.39 Å². The average Bonchev–Trinajstić information content (AvgIpc) is 2.53. The van der Waals surface area contributed by atoms with Gasteiger partial charge in [-0.3, -0.25) is 0 Å². The molecule has 1 N–H and O–H groups in total. The van der Waals surface area contributed by atoms with Crippen molar-refractivity contribution in [2.24, 2.45) is 5.92 Å². The molecule has 0 aliphatic heterocycles. The average molecular weight is 302 g/mol. The Morgan fingerprint density at radius 2 is 1.86 bits per heavy atom. The highest BCUT2D eigenvalue weighted by atomic mass is 19.1. The molecule has 2 aromatic rings. The number of rotatable bonds is 6. The van der Waals surface area contributed by atoms with Crippen molar-refractivity contribution in [1.82, 2.24) is 10.3 Å². The van der Waals surface area contributed by atoms with Crippen molar-refractivity contribution in [3.8, 4) is 17.0 Å². The van der Waals surface area contributed by atoms with Gasteiger partial charge in [-0.2, -0.15) is 0 Å². The fourth-order valence-corrected chi connectivity index (χ4v) is 2.11. The molecule has 0 fully saturated rings. The van der Waals surface area contributed by atoms with Gasteiger partial charge in [-0.15, -0.1) is 0 Å². The summed E-state index contributed by atoms with van der Waals surface area (Å²) in [7, 11) is 1.62. The molecular weight excluding hydrogens is 279 g/mol. The summed E-state index contributed by atoms with van der Waals surface area (Å²) in [5, 5.41) is 3.31. The SMILES string of the molecule is COc1ccccc1-c1ccc(F)c(CN[C@H](C)C(C)C)n1. The highest BCUT2D eigenvalue weighted by molar-refractivity contribution is 5.67. The van der Waals surface area contributed by atoms with Crippen LogP contribution in [0.3, 0.4) is 0 Å². The predicted octanol–water partition coefficient (Wildman–Crippen LogP) is 4.03. The van der Waals surface area contributed by atoms with Crippen LogP contribution in [-0.2, 0) is 6.54 Å². The Morgan fingerprint density at radius 3 is 2.55 bits per heavy atom. The van der Waals surface area contributed by atoms with Gasteiger partial charge in [0.05, 0.1) is 18.5 Å². The van der Waals surface area contributed by atoms with Gasteiger partial charge in [0, 0.05) is 18.2 Å². The van der Waals surface area contributed by atoms with Crippen LogP contribution >= 0.6 is 0 Å². The summed E-state index contributed by atoms with van der Waals surface area (Å²) in [5.74, 6) is 0.929. The minimum atomic E-state index is -0.290. The van der Waals surface area contributed by atoms with Crippen molar-refractivity contribution in [3.05, 3.63) is 47.9 Å². The van der Waals surface area contributed by atoms with Crippen molar-refractivity contribution in [1.29, 1.82) is 0 Å². The molecule has 118 valence electrons. The Morgan fingerprint density at radius 1 is 1.14 bits per heavy atom. The topological polar surface area (TPSA) is 34.1 Å². The van der Waals surface area contributed by atoms with E-state index in [4.69, 9.17) is 4.74 Å². The lowest BCUT2D eigenvalue weighted by atomic mass is 10.1. The van der Waals surface area contributed by atoms with Crippen molar-refractivity contribution in [2.45, 2.75) is 33.4 Å². The number of aromatic nitrogens is 1. The Balaban J connectivity index is 2.26. The van der Waals surface area contributed by atoms with Crippen LogP contribution in [0.25, 0.3) is 11.3 Å². The molecule has 2 rings (SSSR count). The quantitative estimate of drug-likeness (QED) is 0.874. The summed E-state index contributed by atoms with van der Waals surface area (Å²) in [4.78, 5) is 4.46. The molecule has 0 spiro atoms. The third-order valence-electron chi connectivity index (χ3n) is 3.89. The van der Waals surface area contributed by atoms with Crippen LogP contribution in [0.15, 0.2) is 36.4 Å². The van der Waals surface area contributed by atoms with Crippen molar-refractivity contribution in [3.63, 3.8) is 0 Å². The molecule has 0 radical (unpaired) electrons. The molecule has 0 unspecified atom stereocenters. The zero-order valence-electron chi connectivity index (χ0n) is 13.6. The minimum absolute atomic E-state index is 0.290. The van der Waals surface area contributed by atoms with Crippen molar-refractivity contribution in [2.75, 3.05) is 7.11 Å². The second-order valence-electron chi connectivity index (χ2n) is 5.74. The first-order valence-corrected chi connectivity index (χ1v) is 7.55. The van der Waals surface area contributed by atoms with Crippen LogP contribution in [-0.4, -0.2) is 18.1 Å². The Bertz CT molecular complexity index is 628. The molecule has 0 saturated heterocycles. The first-order chi connectivity index (χ1) is 10.5. The number of nitrogens with one attached hydrogen (secondary N) is 1. The van der Waals surface area contributed by atoms with Crippen LogP contribution in [0.2, 0.25) is 0 Å². The lowest BCUT2D eigenvalue weighted by Crippen LogP contribution is -2.30. The largest absolute Gasteiger partial charge is 0.496 e. The maximum atomic E-state index is 14.0. The Kier molecular flexibility index (Phi) is 5.50. The first-order valence-electron chi connectivity index (χ1n) is 7.55. The molecule has 3 nitrogen and oxygen atoms in total. The minimum Gasteiger partial charge on any atom is -0.496 e. The highest BCUT2D eigenvalue weighted by Crippen LogP contribution is 2.28. The molecular formula is C18H23FN2O. The number of methoxy groups -OCH3 is 1. The van der Waals surface area contributed by atoms with Gasteiger partial charge in [-0.05, 0) is 37.1 Å². The van der Waals surface area contributed by atoms with E-state index in [1.54, 1.807) is 13.2 Å². The van der Waals surface area contributed by atoms with E-state index in [2.05, 4.69) is 31.1 Å². The molecule has 0 amide bonds. The van der Waals surface area contributed by atoms with E-state index in [1.165, 1.54) is 6.07 Å². The van der Waals surface area contributed by atoms with Gasteiger partial charge < -0.3 is 10.1 Å². The van der Waals surface area contributed by atoms with Gasteiger partial charge in [0.15, 0.2) is 0 Å². The van der Waals surface area contributed by atoms with Crippen molar-refractivity contribution >= 4 is 0 Å². The molecule has 0 bridgehead atoms. The number of hydrogen-bond acceptors (Lipinski definition) is 3. The van der Waals surface area contributed by atoms with E-state index >= 15 is 0 Å². The third kappa shape index (κ3) is 3.83. The smallest absolute Gasteiger partial charge is 0.146 e. The normalized spacial score (nSPS) is 12.5. The van der Waals surface area contributed by atoms with Crippen LogP contribution in [0.4, 0.5) is 4.39 Å². The Labute approximate surface area is 131 Å². The van der Waals surface area contributed by atoms with Crippen molar-refractivity contribution < 1.29 is 9.13 Å². The van der Waals surface area contributed by atoms with Crippen LogP contribution < -0.4 is 10.1 Å². The van der Waals surface area contributed by atoms with Crippen LogP contribution in [0.5, 0.6) is 5.75 Å². The number of benzene rings is 1. The number of nitrogens with zero attached hydrogens (tertiary/aromatic N) is 1. The van der Waals surface area contributed by atoms with Gasteiger partial charge in [0.25, 0.3) is 0 Å². The summed E-state index contributed by atoms with van der Waals surface area (Å²) >= 11 is 0. The predicted molar refractivity (Wildman–Crippen MR) is 87.3 cm³/mol.